The van der Waals surface area contributed by atoms with E-state index in [1.54, 1.807) is 7.11 Å². The van der Waals surface area contributed by atoms with Crippen LogP contribution < -0.4 is 15.4 Å². The minimum atomic E-state index is 0.784. The first-order valence-corrected chi connectivity index (χ1v) is 5.39. The second-order valence-electron chi connectivity index (χ2n) is 3.81. The highest BCUT2D eigenvalue weighted by atomic mass is 16.5. The maximum Gasteiger partial charge on any atom is 0.146 e. The Morgan fingerprint density at radius 3 is 2.56 bits per heavy atom. The summed E-state index contributed by atoms with van der Waals surface area (Å²) in [5, 5.41) is 1.97. The molecule has 0 atom stereocenters. The number of benzene rings is 1. The van der Waals surface area contributed by atoms with Crippen molar-refractivity contribution in [1.82, 2.24) is 9.97 Å². The summed E-state index contributed by atoms with van der Waals surface area (Å²) in [4.78, 5) is 9.21. The minimum absolute atomic E-state index is 0.784. The summed E-state index contributed by atoms with van der Waals surface area (Å²) in [7, 11) is 1.66. The van der Waals surface area contributed by atoms with Crippen LogP contribution in [0.25, 0.3) is 23.2 Å². The predicted molar refractivity (Wildman–Crippen MR) is 63.5 cm³/mol. The van der Waals surface area contributed by atoms with Crippen molar-refractivity contribution in [3.63, 3.8) is 0 Å². The normalized spacial score (nSPS) is 13.8. The molecule has 0 N–H and O–H groups in total. The molecule has 0 amide bonds. The van der Waals surface area contributed by atoms with Crippen LogP contribution in [0.5, 0.6) is 5.75 Å². The van der Waals surface area contributed by atoms with Gasteiger partial charge in [0.15, 0.2) is 0 Å². The Balaban J connectivity index is 2.46. The van der Waals surface area contributed by atoms with Crippen LogP contribution in [-0.4, -0.2) is 17.1 Å². The van der Waals surface area contributed by atoms with E-state index in [0.717, 1.165) is 40.3 Å². The van der Waals surface area contributed by atoms with Crippen LogP contribution in [0.2, 0.25) is 0 Å². The quantitative estimate of drug-likeness (QED) is 0.707. The van der Waals surface area contributed by atoms with Gasteiger partial charge in [0.05, 0.1) is 23.3 Å². The molecule has 1 aliphatic rings. The van der Waals surface area contributed by atoms with Crippen LogP contribution in [0.4, 0.5) is 0 Å². The van der Waals surface area contributed by atoms with E-state index in [-0.39, 0.29) is 0 Å². The molecule has 0 radical (unpaired) electrons. The Kier molecular flexibility index (Phi) is 2.10. The lowest BCUT2D eigenvalue weighted by atomic mass is 10.2. The van der Waals surface area contributed by atoms with E-state index in [4.69, 9.17) is 4.74 Å². The lowest BCUT2D eigenvalue weighted by Gasteiger charge is -2.05. The molecule has 16 heavy (non-hydrogen) atoms. The largest absolute Gasteiger partial charge is 0.494 e. The van der Waals surface area contributed by atoms with Crippen molar-refractivity contribution in [2.24, 2.45) is 0 Å². The predicted octanol–water partition coefficient (Wildman–Crippen LogP) is 0.993. The third-order valence-corrected chi connectivity index (χ3v) is 2.78. The molecule has 3 heteroatoms. The number of aromatic nitrogens is 2. The van der Waals surface area contributed by atoms with Gasteiger partial charge in [0.1, 0.15) is 11.3 Å². The topological polar surface area (TPSA) is 35.0 Å². The number of para-hydroxylation sites is 1. The van der Waals surface area contributed by atoms with Crippen molar-refractivity contribution in [3.8, 4) is 5.75 Å². The number of ether oxygens (including phenoxy) is 1. The molecular formula is C13H12N2O. The molecule has 0 spiro atoms. The average Bonchev–Trinajstić information content (AvgIpc) is 2.35. The molecule has 2 aromatic rings. The Morgan fingerprint density at radius 2 is 1.81 bits per heavy atom. The third-order valence-electron chi connectivity index (χ3n) is 2.78. The zero-order valence-corrected chi connectivity index (χ0v) is 9.10. The number of rotatable bonds is 1. The van der Waals surface area contributed by atoms with E-state index in [1.165, 1.54) is 0 Å². The first-order valence-electron chi connectivity index (χ1n) is 5.39. The Morgan fingerprint density at radius 1 is 1.06 bits per heavy atom. The molecule has 0 saturated carbocycles. The van der Waals surface area contributed by atoms with Crippen LogP contribution in [0.1, 0.15) is 12.8 Å². The molecule has 1 aromatic heterocycles. The summed E-state index contributed by atoms with van der Waals surface area (Å²) < 4.78 is 5.29. The Labute approximate surface area is 93.1 Å². The molecule has 3 rings (SSSR count). The first-order chi connectivity index (χ1) is 7.88. The average molecular weight is 212 g/mol. The summed E-state index contributed by atoms with van der Waals surface area (Å²) in [6.45, 7) is 0. The number of methoxy groups -OCH3 is 1. The molecule has 1 aliphatic carbocycles. The van der Waals surface area contributed by atoms with Crippen molar-refractivity contribution in [1.29, 1.82) is 0 Å². The van der Waals surface area contributed by atoms with E-state index < -0.39 is 0 Å². The van der Waals surface area contributed by atoms with Gasteiger partial charge in [0.25, 0.3) is 0 Å². The van der Waals surface area contributed by atoms with Gasteiger partial charge in [-0.05, 0) is 25.0 Å². The van der Waals surface area contributed by atoms with Gasteiger partial charge in [-0.2, -0.15) is 0 Å². The summed E-state index contributed by atoms with van der Waals surface area (Å²) in [5.41, 5.74) is 1.74. The number of hydrogen-bond donors (Lipinski definition) is 0. The first kappa shape index (κ1) is 9.33. The van der Waals surface area contributed by atoms with Crippen LogP contribution in [0, 0.1) is 0 Å². The zero-order chi connectivity index (χ0) is 11.0. The van der Waals surface area contributed by atoms with E-state index >= 15 is 0 Å². The number of fused-ring (bicyclic) bond motifs is 2. The van der Waals surface area contributed by atoms with Crippen LogP contribution in [0.15, 0.2) is 18.2 Å². The van der Waals surface area contributed by atoms with Gasteiger partial charge in [0, 0.05) is 0 Å². The van der Waals surface area contributed by atoms with Crippen molar-refractivity contribution in [2.75, 3.05) is 7.11 Å². The van der Waals surface area contributed by atoms with Crippen molar-refractivity contribution in [2.45, 2.75) is 12.8 Å². The summed E-state index contributed by atoms with van der Waals surface area (Å²) in [6.07, 6.45) is 6.37. The van der Waals surface area contributed by atoms with Crippen LogP contribution >= 0.6 is 0 Å². The van der Waals surface area contributed by atoms with Gasteiger partial charge in [-0.15, -0.1) is 0 Å². The second-order valence-corrected chi connectivity index (χ2v) is 3.81. The molecule has 0 unspecified atom stereocenters. The summed E-state index contributed by atoms with van der Waals surface area (Å²) >= 11 is 0. The maximum atomic E-state index is 5.29. The van der Waals surface area contributed by atoms with Crippen molar-refractivity contribution < 1.29 is 4.74 Å². The highest BCUT2D eigenvalue weighted by Crippen LogP contribution is 2.19. The van der Waals surface area contributed by atoms with Crippen LogP contribution in [0.3, 0.4) is 0 Å². The standard InChI is InChI=1S/C13H12N2O/c1-16-12-8-4-7-11-13(12)15-10-6-3-2-5-9(10)14-11/h4-8H,2-3H2,1H3. The summed E-state index contributed by atoms with van der Waals surface area (Å²) in [6, 6.07) is 5.82. The highest BCUT2D eigenvalue weighted by Gasteiger charge is 2.05. The van der Waals surface area contributed by atoms with Crippen molar-refractivity contribution >= 4 is 23.2 Å². The van der Waals surface area contributed by atoms with E-state index in [2.05, 4.69) is 22.1 Å². The Hall–Kier alpha value is -1.90. The molecular weight excluding hydrogens is 200 g/mol. The zero-order valence-electron chi connectivity index (χ0n) is 9.10. The molecule has 0 fully saturated rings. The number of hydrogen-bond acceptors (Lipinski definition) is 3. The third kappa shape index (κ3) is 1.36. The monoisotopic (exact) mass is 212 g/mol. The Bertz CT molecular complexity index is 661. The fourth-order valence-electron chi connectivity index (χ4n) is 1.98. The van der Waals surface area contributed by atoms with Gasteiger partial charge in [0.2, 0.25) is 0 Å². The number of nitrogens with zero attached hydrogens (tertiary/aromatic N) is 2. The highest BCUT2D eigenvalue weighted by molar-refractivity contribution is 5.80. The molecule has 1 heterocycles. The van der Waals surface area contributed by atoms with Gasteiger partial charge in [-0.3, -0.25) is 0 Å². The molecule has 80 valence electrons. The minimum Gasteiger partial charge on any atom is -0.494 e. The van der Waals surface area contributed by atoms with Crippen LogP contribution in [-0.2, 0) is 0 Å². The molecule has 3 nitrogen and oxygen atoms in total. The molecule has 0 bridgehead atoms. The van der Waals surface area contributed by atoms with E-state index in [9.17, 15) is 0 Å². The van der Waals surface area contributed by atoms with Gasteiger partial charge >= 0.3 is 0 Å². The maximum absolute atomic E-state index is 5.29. The molecule has 0 aliphatic heterocycles. The van der Waals surface area contributed by atoms with Crippen molar-refractivity contribution in [3.05, 3.63) is 28.9 Å². The second kappa shape index (κ2) is 3.59. The fraction of sp³-hybridized carbons (Fsp3) is 0.231. The lowest BCUT2D eigenvalue weighted by molar-refractivity contribution is 0.418. The molecule has 1 aromatic carbocycles. The smallest absolute Gasteiger partial charge is 0.146 e. The lowest BCUT2D eigenvalue weighted by Crippen LogP contribution is -2.33. The SMILES string of the molecule is COc1cccc2nc3c(nc12)=CCCC=3. The fourth-order valence-corrected chi connectivity index (χ4v) is 1.98. The summed E-state index contributed by atoms with van der Waals surface area (Å²) in [5.74, 6) is 0.784. The molecule has 0 saturated heterocycles. The van der Waals surface area contributed by atoms with Gasteiger partial charge < -0.3 is 4.74 Å². The van der Waals surface area contributed by atoms with E-state index in [1.807, 2.05) is 18.2 Å². The van der Waals surface area contributed by atoms with Gasteiger partial charge in [-0.25, -0.2) is 9.97 Å². The van der Waals surface area contributed by atoms with E-state index in [0.29, 0.717) is 0 Å². The van der Waals surface area contributed by atoms with Gasteiger partial charge in [-0.1, -0.05) is 18.2 Å².